The van der Waals surface area contributed by atoms with Crippen LogP contribution < -0.4 is 15.4 Å². The van der Waals surface area contributed by atoms with E-state index in [-0.39, 0.29) is 23.9 Å². The molecule has 0 atom stereocenters. The van der Waals surface area contributed by atoms with E-state index in [1.165, 1.54) is 6.07 Å². The van der Waals surface area contributed by atoms with Crippen LogP contribution in [0.3, 0.4) is 0 Å². The first kappa shape index (κ1) is 21.6. The van der Waals surface area contributed by atoms with Crippen LogP contribution in [0.15, 0.2) is 18.2 Å². The van der Waals surface area contributed by atoms with Crippen molar-refractivity contribution in [2.75, 3.05) is 19.6 Å². The highest BCUT2D eigenvalue weighted by molar-refractivity contribution is 5.97. The summed E-state index contributed by atoms with van der Waals surface area (Å²) in [6.07, 6.45) is -1.36. The molecule has 2 N–H and O–H groups in total. The molecule has 1 saturated heterocycles. The van der Waals surface area contributed by atoms with Crippen LogP contribution in [-0.2, 0) is 0 Å². The fraction of sp³-hybridized carbons (Fsp3) is 0.588. The fourth-order valence-corrected chi connectivity index (χ4v) is 2.82. The molecule has 8 heteroatoms. The highest BCUT2D eigenvalue weighted by atomic mass is 35.5. The van der Waals surface area contributed by atoms with Gasteiger partial charge in [0.1, 0.15) is 5.75 Å². The molecule has 1 aliphatic rings. The molecule has 2 rings (SSSR count). The number of halogens is 4. The van der Waals surface area contributed by atoms with Crippen molar-refractivity contribution in [3.05, 3.63) is 29.3 Å². The van der Waals surface area contributed by atoms with E-state index in [4.69, 9.17) is 0 Å². The Balaban J connectivity index is 0.00000312. The van der Waals surface area contributed by atoms with E-state index >= 15 is 0 Å². The van der Waals surface area contributed by atoms with Crippen LogP contribution in [0.1, 0.15) is 54.4 Å². The summed E-state index contributed by atoms with van der Waals surface area (Å²) in [6.45, 7) is 4.13. The number of unbranched alkanes of at least 4 members (excludes halogenated alkanes) is 1. The fourth-order valence-electron chi connectivity index (χ4n) is 2.82. The molecule has 0 unspecified atom stereocenters. The number of hydrogen-bond donors (Lipinski definition) is 2. The highest BCUT2D eigenvalue weighted by Gasteiger charge is 2.33. The lowest BCUT2D eigenvalue weighted by Crippen LogP contribution is -2.28. The third-order valence-corrected chi connectivity index (χ3v) is 4.10. The van der Waals surface area contributed by atoms with Gasteiger partial charge < -0.3 is 15.4 Å². The molecular formula is C17H24ClF3N2O2. The van der Waals surface area contributed by atoms with Crippen molar-refractivity contribution in [2.45, 2.75) is 44.9 Å². The third kappa shape index (κ3) is 6.74. The maximum Gasteiger partial charge on any atom is 0.573 e. The van der Waals surface area contributed by atoms with Gasteiger partial charge >= 0.3 is 6.36 Å². The maximum atomic E-state index is 12.6. The Labute approximate surface area is 151 Å². The number of amides is 1. The van der Waals surface area contributed by atoms with Gasteiger partial charge in [0.05, 0.1) is 5.56 Å². The van der Waals surface area contributed by atoms with Crippen molar-refractivity contribution in [1.29, 1.82) is 0 Å². The zero-order valence-corrected chi connectivity index (χ0v) is 14.9. The van der Waals surface area contributed by atoms with Crippen LogP contribution in [0.2, 0.25) is 0 Å². The molecule has 1 aliphatic heterocycles. The van der Waals surface area contributed by atoms with Gasteiger partial charge in [-0.1, -0.05) is 19.4 Å². The number of nitrogens with one attached hydrogen (secondary N) is 2. The lowest BCUT2D eigenvalue weighted by Gasteiger charge is -2.24. The monoisotopic (exact) mass is 380 g/mol. The smallest absolute Gasteiger partial charge is 0.405 e. The van der Waals surface area contributed by atoms with E-state index in [9.17, 15) is 18.0 Å². The molecular weight excluding hydrogens is 357 g/mol. The molecule has 0 saturated carbocycles. The summed E-state index contributed by atoms with van der Waals surface area (Å²) in [5, 5.41) is 5.90. The molecule has 0 bridgehead atoms. The summed E-state index contributed by atoms with van der Waals surface area (Å²) in [4.78, 5) is 12.3. The summed E-state index contributed by atoms with van der Waals surface area (Å²) in [7, 11) is 0. The Bertz CT molecular complexity index is 561. The molecule has 1 aromatic rings. The Morgan fingerprint density at radius 2 is 2.00 bits per heavy atom. The molecule has 0 aromatic heterocycles. The van der Waals surface area contributed by atoms with Crippen molar-refractivity contribution in [3.63, 3.8) is 0 Å². The van der Waals surface area contributed by atoms with Crippen molar-refractivity contribution in [3.8, 4) is 5.75 Å². The van der Waals surface area contributed by atoms with Gasteiger partial charge in [-0.05, 0) is 56.0 Å². The van der Waals surface area contributed by atoms with Crippen LogP contribution in [0.5, 0.6) is 5.75 Å². The van der Waals surface area contributed by atoms with Gasteiger partial charge in [0.2, 0.25) is 0 Å². The number of carbonyl (C=O) groups excluding carboxylic acids is 1. The Kier molecular flexibility index (Phi) is 8.52. The van der Waals surface area contributed by atoms with Crippen LogP contribution in [0.25, 0.3) is 0 Å². The van der Waals surface area contributed by atoms with Gasteiger partial charge in [-0.25, -0.2) is 0 Å². The van der Waals surface area contributed by atoms with Gasteiger partial charge in [-0.3, -0.25) is 4.79 Å². The molecule has 0 aliphatic carbocycles. The van der Waals surface area contributed by atoms with Crippen molar-refractivity contribution in [2.24, 2.45) is 0 Å². The van der Waals surface area contributed by atoms with E-state index in [1.54, 1.807) is 12.1 Å². The largest absolute Gasteiger partial charge is 0.573 e. The molecule has 1 heterocycles. The molecule has 4 nitrogen and oxygen atoms in total. The second-order valence-electron chi connectivity index (χ2n) is 5.94. The summed E-state index contributed by atoms with van der Waals surface area (Å²) in [6, 6.07) is 4.41. The number of carbonyl (C=O) groups is 1. The van der Waals surface area contributed by atoms with Gasteiger partial charge in [-0.2, -0.15) is 0 Å². The van der Waals surface area contributed by atoms with Crippen molar-refractivity contribution >= 4 is 18.3 Å². The molecule has 1 amide bonds. The SMILES string of the molecule is CCCCNC(=O)c1cc(C2CCNCC2)ccc1OC(F)(F)F.Cl. The molecule has 0 spiro atoms. The molecule has 142 valence electrons. The van der Waals surface area contributed by atoms with Crippen molar-refractivity contribution < 1.29 is 22.7 Å². The number of ether oxygens (including phenoxy) is 1. The molecule has 0 radical (unpaired) electrons. The standard InChI is InChI=1S/C17H23F3N2O2.ClH/c1-2-3-8-22-16(23)14-11-13(12-6-9-21-10-7-12)4-5-15(14)24-17(18,19)20;/h4-5,11-12,21H,2-3,6-10H2,1H3,(H,22,23);1H. The Hall–Kier alpha value is -1.47. The normalized spacial score (nSPS) is 15.4. The Morgan fingerprint density at radius 1 is 1.32 bits per heavy atom. The summed E-state index contributed by atoms with van der Waals surface area (Å²) in [5.74, 6) is -0.735. The maximum absolute atomic E-state index is 12.6. The van der Waals surface area contributed by atoms with Crippen LogP contribution >= 0.6 is 12.4 Å². The van der Waals surface area contributed by atoms with E-state index in [0.29, 0.717) is 6.54 Å². The number of piperidine rings is 1. The summed E-state index contributed by atoms with van der Waals surface area (Å²) < 4.78 is 41.8. The first-order valence-corrected chi connectivity index (χ1v) is 8.29. The second kappa shape index (κ2) is 9.87. The van der Waals surface area contributed by atoms with Crippen molar-refractivity contribution in [1.82, 2.24) is 10.6 Å². The molecule has 25 heavy (non-hydrogen) atoms. The van der Waals surface area contributed by atoms with E-state index in [0.717, 1.165) is 44.3 Å². The first-order chi connectivity index (χ1) is 11.4. The van der Waals surface area contributed by atoms with E-state index in [2.05, 4.69) is 15.4 Å². The van der Waals surface area contributed by atoms with E-state index < -0.39 is 18.0 Å². The van der Waals surface area contributed by atoms with Gasteiger partial charge in [0, 0.05) is 6.54 Å². The van der Waals surface area contributed by atoms with Gasteiger partial charge in [0.15, 0.2) is 0 Å². The van der Waals surface area contributed by atoms with Crippen LogP contribution in [0.4, 0.5) is 13.2 Å². The molecule has 1 fully saturated rings. The number of benzene rings is 1. The topological polar surface area (TPSA) is 50.4 Å². The minimum absolute atomic E-state index is 0. The zero-order valence-electron chi connectivity index (χ0n) is 14.1. The van der Waals surface area contributed by atoms with Crippen LogP contribution in [0, 0.1) is 0 Å². The highest BCUT2D eigenvalue weighted by Crippen LogP contribution is 2.32. The van der Waals surface area contributed by atoms with E-state index in [1.807, 2.05) is 6.92 Å². The minimum atomic E-state index is -4.82. The quantitative estimate of drug-likeness (QED) is 0.733. The number of alkyl halides is 3. The summed E-state index contributed by atoms with van der Waals surface area (Å²) >= 11 is 0. The first-order valence-electron chi connectivity index (χ1n) is 8.29. The lowest BCUT2D eigenvalue weighted by atomic mass is 9.89. The van der Waals surface area contributed by atoms with Crippen LogP contribution in [-0.4, -0.2) is 31.9 Å². The lowest BCUT2D eigenvalue weighted by molar-refractivity contribution is -0.274. The second-order valence-corrected chi connectivity index (χ2v) is 5.94. The predicted octanol–water partition coefficient (Wildman–Crippen LogP) is 4.00. The average Bonchev–Trinajstić information content (AvgIpc) is 2.54. The molecule has 1 aromatic carbocycles. The Morgan fingerprint density at radius 3 is 2.60 bits per heavy atom. The average molecular weight is 381 g/mol. The zero-order chi connectivity index (χ0) is 17.6. The van der Waals surface area contributed by atoms with Gasteiger partial charge in [0.25, 0.3) is 5.91 Å². The minimum Gasteiger partial charge on any atom is -0.405 e. The van der Waals surface area contributed by atoms with Gasteiger partial charge in [-0.15, -0.1) is 25.6 Å². The number of rotatable bonds is 6. The third-order valence-electron chi connectivity index (χ3n) is 4.10. The predicted molar refractivity (Wildman–Crippen MR) is 92.5 cm³/mol. The summed E-state index contributed by atoms with van der Waals surface area (Å²) in [5.41, 5.74) is 0.825. The number of hydrogen-bond acceptors (Lipinski definition) is 3.